The Bertz CT molecular complexity index is 753. The molecule has 0 bridgehead atoms. The molecule has 0 saturated carbocycles. The summed E-state index contributed by atoms with van der Waals surface area (Å²) >= 11 is 0. The van der Waals surface area contributed by atoms with E-state index in [9.17, 15) is 14.0 Å². The molecule has 0 spiro atoms. The zero-order valence-electron chi connectivity index (χ0n) is 15.3. The van der Waals surface area contributed by atoms with Gasteiger partial charge in [0.25, 0.3) is 5.91 Å². The van der Waals surface area contributed by atoms with Gasteiger partial charge in [0, 0.05) is 13.1 Å². The average molecular weight is 369 g/mol. The van der Waals surface area contributed by atoms with Crippen molar-refractivity contribution in [3.63, 3.8) is 0 Å². The summed E-state index contributed by atoms with van der Waals surface area (Å²) in [6.07, 6.45) is 3.00. The van der Waals surface area contributed by atoms with Crippen LogP contribution < -0.4 is 0 Å². The molecule has 0 aliphatic carbocycles. The molecule has 1 amide bonds. The largest absolute Gasteiger partial charge is 0.455 e. The van der Waals surface area contributed by atoms with Crippen LogP contribution in [0.3, 0.4) is 0 Å². The van der Waals surface area contributed by atoms with Crippen LogP contribution in [0.2, 0.25) is 0 Å². The third-order valence-electron chi connectivity index (χ3n) is 4.95. The van der Waals surface area contributed by atoms with Gasteiger partial charge in [-0.25, -0.2) is 4.39 Å². The predicted octanol–water partition coefficient (Wildman–Crippen LogP) is 3.39. The first-order valence-corrected chi connectivity index (χ1v) is 9.32. The maximum atomic E-state index is 12.9. The minimum Gasteiger partial charge on any atom is -0.455 e. The van der Waals surface area contributed by atoms with E-state index in [0.29, 0.717) is 24.6 Å². The lowest BCUT2D eigenvalue weighted by Crippen LogP contribution is -2.41. The predicted molar refractivity (Wildman–Crippen MR) is 101 cm³/mol. The van der Waals surface area contributed by atoms with Crippen LogP contribution >= 0.6 is 0 Å². The van der Waals surface area contributed by atoms with Crippen LogP contribution in [0.25, 0.3) is 0 Å². The number of carbonyl (C=O) groups is 2. The number of esters is 1. The zero-order chi connectivity index (χ0) is 19.1. The maximum Gasteiger partial charge on any atom is 0.310 e. The van der Waals surface area contributed by atoms with Crippen molar-refractivity contribution in [1.29, 1.82) is 0 Å². The third kappa shape index (κ3) is 5.91. The fourth-order valence-electron chi connectivity index (χ4n) is 3.39. The molecule has 0 atom stereocenters. The zero-order valence-corrected chi connectivity index (χ0v) is 15.3. The molecular weight excluding hydrogens is 345 g/mol. The number of hydrogen-bond donors (Lipinski definition) is 0. The van der Waals surface area contributed by atoms with Crippen LogP contribution in [0, 0.1) is 11.7 Å². The standard InChI is InChI=1S/C22H24FNO3/c23-20-8-6-18(7-9-20)15-22(26)27-16-21(25)24-12-10-19(11-13-24)14-17-4-2-1-3-5-17/h1-9,19H,10-16H2. The fourth-order valence-corrected chi connectivity index (χ4v) is 3.39. The van der Waals surface area contributed by atoms with Crippen LogP contribution in [0.4, 0.5) is 4.39 Å². The van der Waals surface area contributed by atoms with E-state index in [1.807, 2.05) is 18.2 Å². The number of amides is 1. The molecule has 1 aliphatic heterocycles. The monoisotopic (exact) mass is 369 g/mol. The molecule has 2 aromatic carbocycles. The SMILES string of the molecule is O=C(Cc1ccc(F)cc1)OCC(=O)N1CCC(Cc2ccccc2)CC1. The van der Waals surface area contributed by atoms with Gasteiger partial charge < -0.3 is 9.64 Å². The van der Waals surface area contributed by atoms with Gasteiger partial charge >= 0.3 is 5.97 Å². The summed E-state index contributed by atoms with van der Waals surface area (Å²) in [5.74, 6) is -0.398. The van der Waals surface area contributed by atoms with E-state index in [1.165, 1.54) is 29.8 Å². The van der Waals surface area contributed by atoms with Crippen molar-refractivity contribution >= 4 is 11.9 Å². The van der Waals surface area contributed by atoms with Gasteiger partial charge in [0.15, 0.2) is 6.61 Å². The number of piperidine rings is 1. The van der Waals surface area contributed by atoms with E-state index in [4.69, 9.17) is 4.74 Å². The molecule has 0 radical (unpaired) electrons. The van der Waals surface area contributed by atoms with E-state index >= 15 is 0 Å². The summed E-state index contributed by atoms with van der Waals surface area (Å²) in [5.41, 5.74) is 1.99. The molecule has 5 heteroatoms. The summed E-state index contributed by atoms with van der Waals surface area (Å²) in [6, 6.07) is 16.1. The Labute approximate surface area is 158 Å². The van der Waals surface area contributed by atoms with Gasteiger partial charge in [0.2, 0.25) is 0 Å². The van der Waals surface area contributed by atoms with Crippen molar-refractivity contribution in [2.24, 2.45) is 5.92 Å². The highest BCUT2D eigenvalue weighted by atomic mass is 19.1. The Morgan fingerprint density at radius 1 is 0.963 bits per heavy atom. The van der Waals surface area contributed by atoms with Crippen LogP contribution in [0.15, 0.2) is 54.6 Å². The molecule has 0 unspecified atom stereocenters. The maximum absolute atomic E-state index is 12.9. The van der Waals surface area contributed by atoms with E-state index in [1.54, 1.807) is 4.90 Å². The Kier molecular flexibility index (Phi) is 6.58. The molecule has 0 aromatic heterocycles. The lowest BCUT2D eigenvalue weighted by Gasteiger charge is -2.32. The van der Waals surface area contributed by atoms with Crippen molar-refractivity contribution in [2.75, 3.05) is 19.7 Å². The number of ether oxygens (including phenoxy) is 1. The van der Waals surface area contributed by atoms with Gasteiger partial charge in [-0.05, 0) is 48.4 Å². The molecule has 1 heterocycles. The quantitative estimate of drug-likeness (QED) is 0.734. The molecule has 1 fully saturated rings. The molecular formula is C22H24FNO3. The lowest BCUT2D eigenvalue weighted by atomic mass is 9.90. The average Bonchev–Trinajstić information content (AvgIpc) is 2.69. The van der Waals surface area contributed by atoms with Crippen LogP contribution in [0.5, 0.6) is 0 Å². The number of carbonyl (C=O) groups excluding carboxylic acids is 2. The number of rotatable bonds is 6. The van der Waals surface area contributed by atoms with Crippen LogP contribution in [-0.4, -0.2) is 36.5 Å². The van der Waals surface area contributed by atoms with Crippen molar-refractivity contribution < 1.29 is 18.7 Å². The number of benzene rings is 2. The molecule has 1 aliphatic rings. The normalized spacial score (nSPS) is 14.8. The molecule has 3 rings (SSSR count). The van der Waals surface area contributed by atoms with Gasteiger partial charge in [0.05, 0.1) is 6.42 Å². The van der Waals surface area contributed by atoms with Gasteiger partial charge in [0.1, 0.15) is 5.82 Å². The first-order valence-electron chi connectivity index (χ1n) is 9.32. The highest BCUT2D eigenvalue weighted by molar-refractivity contribution is 5.81. The van der Waals surface area contributed by atoms with Crippen molar-refractivity contribution in [2.45, 2.75) is 25.7 Å². The Morgan fingerprint density at radius 2 is 1.63 bits per heavy atom. The van der Waals surface area contributed by atoms with E-state index in [2.05, 4.69) is 12.1 Å². The Balaban J connectivity index is 1.37. The van der Waals surface area contributed by atoms with E-state index < -0.39 is 5.97 Å². The smallest absolute Gasteiger partial charge is 0.310 e. The van der Waals surface area contributed by atoms with Crippen molar-refractivity contribution in [3.8, 4) is 0 Å². The minimum absolute atomic E-state index is 0.0344. The molecule has 2 aromatic rings. The van der Waals surface area contributed by atoms with Crippen LogP contribution in [-0.2, 0) is 27.2 Å². The molecule has 142 valence electrons. The summed E-state index contributed by atoms with van der Waals surface area (Å²) in [4.78, 5) is 25.9. The summed E-state index contributed by atoms with van der Waals surface area (Å²) < 4.78 is 18.0. The highest BCUT2D eigenvalue weighted by Crippen LogP contribution is 2.21. The number of hydrogen-bond acceptors (Lipinski definition) is 3. The number of nitrogens with zero attached hydrogens (tertiary/aromatic N) is 1. The Hall–Kier alpha value is -2.69. The first kappa shape index (κ1) is 19.1. The lowest BCUT2D eigenvalue weighted by molar-refractivity contribution is -0.152. The summed E-state index contributed by atoms with van der Waals surface area (Å²) in [5, 5.41) is 0. The fraction of sp³-hybridized carbons (Fsp3) is 0.364. The second kappa shape index (κ2) is 9.31. The third-order valence-corrected chi connectivity index (χ3v) is 4.95. The summed E-state index contributed by atoms with van der Waals surface area (Å²) in [6.45, 7) is 1.17. The molecule has 27 heavy (non-hydrogen) atoms. The van der Waals surface area contributed by atoms with Gasteiger partial charge in [-0.3, -0.25) is 9.59 Å². The van der Waals surface area contributed by atoms with E-state index in [0.717, 1.165) is 19.3 Å². The summed E-state index contributed by atoms with van der Waals surface area (Å²) in [7, 11) is 0. The number of likely N-dealkylation sites (tertiary alicyclic amines) is 1. The Morgan fingerprint density at radius 3 is 2.30 bits per heavy atom. The second-order valence-corrected chi connectivity index (χ2v) is 6.98. The highest BCUT2D eigenvalue weighted by Gasteiger charge is 2.23. The minimum atomic E-state index is -0.478. The molecule has 4 nitrogen and oxygen atoms in total. The molecule has 0 N–H and O–H groups in total. The number of halogens is 1. The van der Waals surface area contributed by atoms with E-state index in [-0.39, 0.29) is 24.8 Å². The van der Waals surface area contributed by atoms with Gasteiger partial charge in [-0.1, -0.05) is 42.5 Å². The van der Waals surface area contributed by atoms with Gasteiger partial charge in [-0.2, -0.15) is 0 Å². The van der Waals surface area contributed by atoms with Crippen molar-refractivity contribution in [3.05, 3.63) is 71.5 Å². The van der Waals surface area contributed by atoms with Gasteiger partial charge in [-0.15, -0.1) is 0 Å². The molecule has 1 saturated heterocycles. The first-order chi connectivity index (χ1) is 13.1. The van der Waals surface area contributed by atoms with Crippen LogP contribution in [0.1, 0.15) is 24.0 Å². The second-order valence-electron chi connectivity index (χ2n) is 6.98. The van der Waals surface area contributed by atoms with Crippen molar-refractivity contribution in [1.82, 2.24) is 4.90 Å². The topological polar surface area (TPSA) is 46.6 Å².